The van der Waals surface area contributed by atoms with E-state index >= 15 is 4.39 Å². The number of terminal acetylenes is 1. The van der Waals surface area contributed by atoms with Crippen molar-refractivity contribution in [1.29, 1.82) is 0 Å². The third-order valence-electron chi connectivity index (χ3n) is 5.00. The van der Waals surface area contributed by atoms with Crippen LogP contribution >= 0.6 is 7.82 Å². The molecule has 0 aliphatic carbocycles. The number of phosphoric ester groups is 1. The predicted molar refractivity (Wildman–Crippen MR) is 112 cm³/mol. The minimum atomic E-state index is -4.84. The zero-order chi connectivity index (χ0) is 26.8. The Bertz CT molecular complexity index is 1290. The molecular formula is C21H22FN2O8P. The number of alkyl halides is 1. The molecule has 0 aromatic heterocycles. The summed E-state index contributed by atoms with van der Waals surface area (Å²) in [5.41, 5.74) is 1.53. The fraction of sp³-hybridized carbons (Fsp3) is 0.381. The second kappa shape index (κ2) is 8.25. The number of benzene rings is 1. The molecule has 3 aliphatic rings. The van der Waals surface area contributed by atoms with Crippen molar-refractivity contribution in [3.05, 3.63) is 53.0 Å². The molecule has 1 aromatic rings. The number of aliphatic hydroxyl groups excluding tert-OH is 2. The number of nitrogens with zero attached hydrogens (tertiary/aromatic N) is 1. The van der Waals surface area contributed by atoms with Gasteiger partial charge >= 0.3 is 7.82 Å². The highest BCUT2D eigenvalue weighted by molar-refractivity contribution is 7.49. The number of hydrogen-bond acceptors (Lipinski definition) is 9. The van der Waals surface area contributed by atoms with Crippen LogP contribution in [0.3, 0.4) is 0 Å². The van der Waals surface area contributed by atoms with Crippen LogP contribution in [0.15, 0.2) is 36.3 Å². The lowest BCUT2D eigenvalue weighted by molar-refractivity contribution is -0.208. The Labute approximate surface area is 193 Å². The number of rotatable bonds is 4. The maximum atomic E-state index is 16.0. The molecule has 1 fully saturated rings. The van der Waals surface area contributed by atoms with Gasteiger partial charge in [0.05, 0.1) is 10.7 Å². The van der Waals surface area contributed by atoms with Crippen LogP contribution in [0.25, 0.3) is 0 Å². The molecule has 5 atom stereocenters. The van der Waals surface area contributed by atoms with Crippen LogP contribution in [0.1, 0.15) is 20.8 Å². The minimum absolute atomic E-state index is 0.0916. The maximum absolute atomic E-state index is 16.0. The fourth-order valence-corrected chi connectivity index (χ4v) is 4.60. The molecule has 1 saturated heterocycles. The average molecular weight is 483 g/mol. The molecule has 33 heavy (non-hydrogen) atoms. The number of fused-ring (bicyclic) bond motifs is 1. The van der Waals surface area contributed by atoms with Crippen LogP contribution in [0, 0.1) is 26.2 Å². The smallest absolute Gasteiger partial charge is 0.403 e. The molecule has 3 N–H and O–H groups in total. The molecule has 0 saturated carbocycles. The zero-order valence-electron chi connectivity index (χ0n) is 20.5. The Kier molecular flexibility index (Phi) is 4.94. The van der Waals surface area contributed by atoms with E-state index in [0.29, 0.717) is 16.0 Å². The van der Waals surface area contributed by atoms with Gasteiger partial charge in [-0.2, -0.15) is 0 Å². The van der Waals surface area contributed by atoms with Crippen molar-refractivity contribution in [2.24, 2.45) is 0 Å². The van der Waals surface area contributed by atoms with Gasteiger partial charge in [-0.15, -0.1) is 6.42 Å². The van der Waals surface area contributed by atoms with Crippen LogP contribution in [-0.4, -0.2) is 51.8 Å². The quantitative estimate of drug-likeness (QED) is 0.431. The first kappa shape index (κ1) is 19.7. The summed E-state index contributed by atoms with van der Waals surface area (Å²) in [6.07, 6.45) is -2.15. The highest BCUT2D eigenvalue weighted by atomic mass is 31.2. The van der Waals surface area contributed by atoms with Gasteiger partial charge in [0.15, 0.2) is 6.20 Å². The molecule has 0 bridgehead atoms. The summed E-state index contributed by atoms with van der Waals surface area (Å²) in [5.74, 6) is -3.05. The van der Waals surface area contributed by atoms with Crippen LogP contribution in [0.5, 0.6) is 5.75 Å². The lowest BCUT2D eigenvalue weighted by Gasteiger charge is -2.33. The number of carbonyl (C=O) groups excluding carboxylic acids is 1. The molecule has 1 unspecified atom stereocenters. The topological polar surface area (TPSA) is 127 Å². The molecule has 1 aromatic carbocycles. The van der Waals surface area contributed by atoms with Gasteiger partial charge in [0.2, 0.25) is 0 Å². The maximum Gasteiger partial charge on any atom is 0.530 e. The first-order valence-electron chi connectivity index (χ1n) is 11.1. The van der Waals surface area contributed by atoms with E-state index in [1.165, 1.54) is 0 Å². The Balaban J connectivity index is 1.65. The lowest BCUT2D eigenvalue weighted by atomic mass is 10.1. The summed E-state index contributed by atoms with van der Waals surface area (Å²) in [6.45, 7) is 2.81. The van der Waals surface area contributed by atoms with Gasteiger partial charge < -0.3 is 29.7 Å². The van der Waals surface area contributed by atoms with Crippen LogP contribution in [0.4, 0.5) is 4.39 Å². The van der Waals surface area contributed by atoms with E-state index in [-0.39, 0.29) is 23.8 Å². The summed E-state index contributed by atoms with van der Waals surface area (Å²) >= 11 is 0. The number of halogens is 1. The third-order valence-corrected chi connectivity index (χ3v) is 6.17. The van der Waals surface area contributed by atoms with Crippen molar-refractivity contribution < 1.29 is 46.4 Å². The molecule has 3 heterocycles. The second-order valence-electron chi connectivity index (χ2n) is 7.51. The first-order valence-corrected chi connectivity index (χ1v) is 11.0. The van der Waals surface area contributed by atoms with Gasteiger partial charge in [-0.1, -0.05) is 30.2 Å². The summed E-state index contributed by atoms with van der Waals surface area (Å²) in [6, 6.07) is 3.39. The van der Waals surface area contributed by atoms with E-state index < -0.39 is 44.6 Å². The van der Waals surface area contributed by atoms with E-state index in [2.05, 4.69) is 11.9 Å². The first-order chi connectivity index (χ1) is 16.6. The summed E-state index contributed by atoms with van der Waals surface area (Å²) in [7, 11) is -4.84. The largest absolute Gasteiger partial charge is 0.530 e. The van der Waals surface area contributed by atoms with E-state index in [0.717, 1.165) is 11.8 Å². The molecule has 10 nitrogen and oxygen atoms in total. The highest BCUT2D eigenvalue weighted by Crippen LogP contribution is 2.56. The average Bonchev–Trinajstić information content (AvgIpc) is 2.95. The van der Waals surface area contributed by atoms with Gasteiger partial charge in [0.1, 0.15) is 35.9 Å². The van der Waals surface area contributed by atoms with Gasteiger partial charge in [-0.3, -0.25) is 13.8 Å². The van der Waals surface area contributed by atoms with Crippen molar-refractivity contribution in [1.82, 2.24) is 10.2 Å². The molecule has 12 heteroatoms. The van der Waals surface area contributed by atoms with E-state index in [9.17, 15) is 19.6 Å². The normalized spacial score (nSPS) is 37.6. The number of carbonyl (C=O) groups is 1. The Morgan fingerprint density at radius 1 is 1.55 bits per heavy atom. The van der Waals surface area contributed by atoms with Crippen molar-refractivity contribution in [3.63, 3.8) is 0 Å². The number of ether oxygens (including phenoxy) is 1. The standard InChI is InChI=1S/C21H22FN2O8P/c1-5-14-8-24(13(4)23-19(14)27)20-16(25)18(26)21(22,31-20)10-30-33(28)29-9-15-7-11(2)6-12(3)17(15)32-33/h1,6-8,16,18,20,25-26H,4,9-10H2,2-3H3,(H,23,27)/t16-,18+,20-,21-,33?/m1/s1/i10D2,20D. The van der Waals surface area contributed by atoms with Crippen molar-refractivity contribution in [2.75, 3.05) is 6.56 Å². The SMILES string of the molecule is [2H]C([2H])(OP1(=O)OCc2cc(C)cc(C)c2O1)[C@@]1(F)O[C@@]([2H])(N2C=C(C#C)C(=O)NC2=C)[C@H](O)[C@@H]1O. The molecule has 3 aliphatic heterocycles. The second-order valence-corrected chi connectivity index (χ2v) is 9.03. The Hall–Kier alpha value is -2.71. The molecule has 4 rings (SSSR count). The van der Waals surface area contributed by atoms with Crippen molar-refractivity contribution in [2.45, 2.75) is 44.7 Å². The number of phosphoric acid groups is 1. The molecule has 1 amide bonds. The van der Waals surface area contributed by atoms with E-state index in [4.69, 9.17) is 28.8 Å². The van der Waals surface area contributed by atoms with Gasteiger partial charge in [0.25, 0.3) is 11.8 Å². The van der Waals surface area contributed by atoms with Gasteiger partial charge in [-0.05, 0) is 19.4 Å². The molecule has 176 valence electrons. The number of aliphatic hydroxyl groups is 2. The van der Waals surface area contributed by atoms with Gasteiger partial charge in [0, 0.05) is 11.8 Å². The fourth-order valence-electron chi connectivity index (χ4n) is 3.44. The van der Waals surface area contributed by atoms with Gasteiger partial charge in [-0.25, -0.2) is 8.96 Å². The minimum Gasteiger partial charge on any atom is -0.403 e. The van der Waals surface area contributed by atoms with Crippen LogP contribution in [-0.2, 0) is 29.8 Å². The lowest BCUT2D eigenvalue weighted by Crippen LogP contribution is -2.47. The van der Waals surface area contributed by atoms with Crippen molar-refractivity contribution in [3.8, 4) is 18.1 Å². The third kappa shape index (κ3) is 4.17. The number of amides is 1. The molecule has 0 spiro atoms. The zero-order valence-corrected chi connectivity index (χ0v) is 18.4. The Morgan fingerprint density at radius 3 is 2.97 bits per heavy atom. The predicted octanol–water partition coefficient (Wildman–Crippen LogP) is 1.50. The monoisotopic (exact) mass is 483 g/mol. The Morgan fingerprint density at radius 2 is 2.27 bits per heavy atom. The summed E-state index contributed by atoms with van der Waals surface area (Å²) in [4.78, 5) is 12.5. The van der Waals surface area contributed by atoms with Crippen molar-refractivity contribution >= 4 is 13.7 Å². The van der Waals surface area contributed by atoms with E-state index in [1.54, 1.807) is 19.1 Å². The molecule has 0 radical (unpaired) electrons. The summed E-state index contributed by atoms with van der Waals surface area (Å²) < 4.78 is 74.0. The highest BCUT2D eigenvalue weighted by Gasteiger charge is 2.58. The van der Waals surface area contributed by atoms with Crippen LogP contribution in [0.2, 0.25) is 0 Å². The number of aryl methyl sites for hydroxylation is 2. The number of hydrogen-bond donors (Lipinski definition) is 3. The van der Waals surface area contributed by atoms with E-state index in [1.807, 2.05) is 12.8 Å². The molecular weight excluding hydrogens is 458 g/mol. The van der Waals surface area contributed by atoms with Crippen LogP contribution < -0.4 is 9.84 Å². The summed E-state index contributed by atoms with van der Waals surface area (Å²) in [5, 5.41) is 23.2. The number of nitrogens with one attached hydrogen (secondary N) is 1.